The highest BCUT2D eigenvalue weighted by Gasteiger charge is 2.20. The van der Waals surface area contributed by atoms with E-state index in [9.17, 15) is 4.79 Å². The first-order valence-corrected chi connectivity index (χ1v) is 11.3. The van der Waals surface area contributed by atoms with E-state index in [0.717, 1.165) is 62.1 Å². The van der Waals surface area contributed by atoms with Gasteiger partial charge in [0, 0.05) is 35.9 Å². The van der Waals surface area contributed by atoms with Crippen LogP contribution in [0.5, 0.6) is 5.75 Å². The Morgan fingerprint density at radius 1 is 1.10 bits per heavy atom. The smallest absolute Gasteiger partial charge is 0.252 e. The van der Waals surface area contributed by atoms with Gasteiger partial charge in [0.15, 0.2) is 0 Å². The van der Waals surface area contributed by atoms with Crippen molar-refractivity contribution in [2.75, 3.05) is 31.6 Å². The molecule has 0 spiro atoms. The van der Waals surface area contributed by atoms with Crippen molar-refractivity contribution >= 4 is 22.7 Å². The second kappa shape index (κ2) is 9.92. The third kappa shape index (κ3) is 5.05. The molecule has 2 aromatic heterocycles. The molecule has 4 rings (SSSR count). The minimum Gasteiger partial charge on any atom is -0.492 e. The Labute approximate surface area is 183 Å². The molecule has 1 aliphatic rings. The summed E-state index contributed by atoms with van der Waals surface area (Å²) < 4.78 is 7.70. The van der Waals surface area contributed by atoms with Gasteiger partial charge in [-0.15, -0.1) is 0 Å². The summed E-state index contributed by atoms with van der Waals surface area (Å²) in [6.45, 7) is 7.96. The van der Waals surface area contributed by atoms with Crippen LogP contribution < -0.4 is 15.6 Å². The maximum Gasteiger partial charge on any atom is 0.252 e. The zero-order chi connectivity index (χ0) is 21.6. The number of hydrogen-bond donors (Lipinski definition) is 1. The maximum absolute atomic E-state index is 12.6. The first kappa shape index (κ1) is 21.3. The zero-order valence-corrected chi connectivity index (χ0v) is 18.4. The van der Waals surface area contributed by atoms with Crippen molar-refractivity contribution in [2.45, 2.75) is 45.6 Å². The number of benzene rings is 1. The summed E-state index contributed by atoms with van der Waals surface area (Å²) in [5.41, 5.74) is 1.59. The molecule has 0 radical (unpaired) electrons. The van der Waals surface area contributed by atoms with Gasteiger partial charge in [0.25, 0.3) is 5.56 Å². The van der Waals surface area contributed by atoms with Gasteiger partial charge in [0.1, 0.15) is 18.0 Å². The molecule has 31 heavy (non-hydrogen) atoms. The number of pyridine rings is 1. The molecule has 1 aliphatic carbocycles. The van der Waals surface area contributed by atoms with Crippen molar-refractivity contribution in [1.29, 1.82) is 0 Å². The van der Waals surface area contributed by atoms with Crippen LogP contribution >= 0.6 is 0 Å². The summed E-state index contributed by atoms with van der Waals surface area (Å²) in [7, 11) is 0. The maximum atomic E-state index is 12.6. The Morgan fingerprint density at radius 2 is 1.84 bits per heavy atom. The fourth-order valence-electron chi connectivity index (χ4n) is 4.21. The van der Waals surface area contributed by atoms with Gasteiger partial charge in [-0.2, -0.15) is 4.98 Å². The van der Waals surface area contributed by atoms with Gasteiger partial charge in [-0.1, -0.05) is 26.7 Å². The minimum absolute atomic E-state index is 0.00950. The van der Waals surface area contributed by atoms with Crippen LogP contribution in [0.25, 0.3) is 11.0 Å². The topological polar surface area (TPSA) is 72.3 Å². The predicted molar refractivity (Wildman–Crippen MR) is 124 cm³/mol. The van der Waals surface area contributed by atoms with Gasteiger partial charge in [-0.25, -0.2) is 4.98 Å². The quantitative estimate of drug-likeness (QED) is 0.553. The lowest BCUT2D eigenvalue weighted by Gasteiger charge is -2.18. The van der Waals surface area contributed by atoms with Crippen molar-refractivity contribution in [3.63, 3.8) is 0 Å². The van der Waals surface area contributed by atoms with Gasteiger partial charge in [0.2, 0.25) is 5.95 Å². The normalized spacial score (nSPS) is 14.4. The molecule has 0 atom stereocenters. The third-order valence-corrected chi connectivity index (χ3v) is 6.04. The Bertz CT molecular complexity index is 1050. The number of likely N-dealkylation sites (N-methyl/N-ethyl adjacent to an activating group) is 1. The number of nitrogens with one attached hydrogen (secondary N) is 1. The van der Waals surface area contributed by atoms with Gasteiger partial charge < -0.3 is 15.0 Å². The average molecular weight is 422 g/mol. The van der Waals surface area contributed by atoms with Crippen molar-refractivity contribution in [3.05, 3.63) is 52.9 Å². The summed E-state index contributed by atoms with van der Waals surface area (Å²) >= 11 is 0. The molecule has 1 N–H and O–H groups in total. The molecule has 0 aliphatic heterocycles. The largest absolute Gasteiger partial charge is 0.492 e. The standard InChI is InChI=1S/C24H31N5O2/c1-3-28(4-2)15-16-31-21-12-10-19(11-13-21)26-24-25-17-18-9-14-22(30)29(23(18)27-24)20-7-5-6-8-20/h9-14,17,20H,3-8,15-16H2,1-2H3,(H,25,26,27). The molecule has 1 aromatic carbocycles. The molecule has 2 heterocycles. The lowest BCUT2D eigenvalue weighted by molar-refractivity contribution is 0.223. The molecule has 7 nitrogen and oxygen atoms in total. The number of fused-ring (bicyclic) bond motifs is 1. The first-order chi connectivity index (χ1) is 15.2. The van der Waals surface area contributed by atoms with E-state index < -0.39 is 0 Å². The van der Waals surface area contributed by atoms with Crippen LogP contribution in [0, 0.1) is 0 Å². The van der Waals surface area contributed by atoms with E-state index in [1.54, 1.807) is 18.3 Å². The third-order valence-electron chi connectivity index (χ3n) is 6.04. The van der Waals surface area contributed by atoms with Gasteiger partial charge in [-0.3, -0.25) is 9.36 Å². The molecule has 1 saturated carbocycles. The summed E-state index contributed by atoms with van der Waals surface area (Å²) in [5.74, 6) is 1.33. The summed E-state index contributed by atoms with van der Waals surface area (Å²) in [5, 5.41) is 4.14. The average Bonchev–Trinajstić information content (AvgIpc) is 3.32. The van der Waals surface area contributed by atoms with Crippen LogP contribution in [0.2, 0.25) is 0 Å². The van der Waals surface area contributed by atoms with Gasteiger partial charge >= 0.3 is 0 Å². The van der Waals surface area contributed by atoms with Crippen LogP contribution in [0.4, 0.5) is 11.6 Å². The van der Waals surface area contributed by atoms with Crippen LogP contribution in [-0.2, 0) is 0 Å². The number of anilines is 2. The van der Waals surface area contributed by atoms with E-state index in [1.165, 1.54) is 0 Å². The van der Waals surface area contributed by atoms with E-state index in [0.29, 0.717) is 18.2 Å². The lowest BCUT2D eigenvalue weighted by Crippen LogP contribution is -2.27. The van der Waals surface area contributed by atoms with Crippen LogP contribution in [0.1, 0.15) is 45.6 Å². The highest BCUT2D eigenvalue weighted by Crippen LogP contribution is 2.30. The number of hydrogen-bond acceptors (Lipinski definition) is 6. The van der Waals surface area contributed by atoms with Gasteiger partial charge in [0.05, 0.1) is 0 Å². The SMILES string of the molecule is CCN(CC)CCOc1ccc(Nc2ncc3ccc(=O)n(C4CCCC4)c3n2)cc1. The van der Waals surface area contributed by atoms with E-state index in [1.807, 2.05) is 28.8 Å². The van der Waals surface area contributed by atoms with E-state index >= 15 is 0 Å². The molecule has 3 aromatic rings. The molecule has 1 fully saturated rings. The monoisotopic (exact) mass is 421 g/mol. The van der Waals surface area contributed by atoms with Crippen molar-refractivity contribution < 1.29 is 4.74 Å². The molecule has 0 unspecified atom stereocenters. The van der Waals surface area contributed by atoms with Crippen LogP contribution in [0.15, 0.2) is 47.4 Å². The van der Waals surface area contributed by atoms with Crippen LogP contribution in [-0.4, -0.2) is 45.7 Å². The molecule has 164 valence electrons. The molecular weight excluding hydrogens is 390 g/mol. The Balaban J connectivity index is 1.47. The summed E-state index contributed by atoms with van der Waals surface area (Å²) in [6.07, 6.45) is 6.16. The Kier molecular flexibility index (Phi) is 6.82. The molecule has 0 amide bonds. The Morgan fingerprint density at radius 3 is 2.55 bits per heavy atom. The summed E-state index contributed by atoms with van der Waals surface area (Å²) in [6, 6.07) is 11.4. The second-order valence-corrected chi connectivity index (χ2v) is 7.98. The fourth-order valence-corrected chi connectivity index (χ4v) is 4.21. The molecule has 0 bridgehead atoms. The number of rotatable bonds is 9. The minimum atomic E-state index is 0.00950. The van der Waals surface area contributed by atoms with Crippen molar-refractivity contribution in [1.82, 2.24) is 19.4 Å². The summed E-state index contributed by atoms with van der Waals surface area (Å²) in [4.78, 5) is 24.0. The molecule has 0 saturated heterocycles. The second-order valence-electron chi connectivity index (χ2n) is 7.98. The number of nitrogens with zero attached hydrogens (tertiary/aromatic N) is 4. The molecular formula is C24H31N5O2. The zero-order valence-electron chi connectivity index (χ0n) is 18.4. The Hall–Kier alpha value is -2.93. The van der Waals surface area contributed by atoms with Crippen molar-refractivity contribution in [3.8, 4) is 5.75 Å². The number of aromatic nitrogens is 3. The molecule has 7 heteroatoms. The van der Waals surface area contributed by atoms with E-state index in [2.05, 4.69) is 29.0 Å². The highest BCUT2D eigenvalue weighted by molar-refractivity contribution is 5.75. The van der Waals surface area contributed by atoms with E-state index in [-0.39, 0.29) is 11.6 Å². The first-order valence-electron chi connectivity index (χ1n) is 11.3. The van der Waals surface area contributed by atoms with Gasteiger partial charge in [-0.05, 0) is 56.3 Å². The van der Waals surface area contributed by atoms with E-state index in [4.69, 9.17) is 9.72 Å². The number of ether oxygens (including phenoxy) is 1. The highest BCUT2D eigenvalue weighted by atomic mass is 16.5. The predicted octanol–water partition coefficient (Wildman–Crippen LogP) is 4.37. The van der Waals surface area contributed by atoms with Crippen LogP contribution in [0.3, 0.4) is 0 Å². The van der Waals surface area contributed by atoms with Crippen molar-refractivity contribution in [2.24, 2.45) is 0 Å². The lowest BCUT2D eigenvalue weighted by atomic mass is 10.2. The fraction of sp³-hybridized carbons (Fsp3) is 0.458.